The molecule has 0 bridgehead atoms. The number of amides is 1. The second-order valence-corrected chi connectivity index (χ2v) is 5.82. The molecule has 1 aromatic rings. The average Bonchev–Trinajstić information content (AvgIpc) is 2.44. The summed E-state index contributed by atoms with van der Waals surface area (Å²) in [6.07, 6.45) is -1.14. The molecule has 1 rings (SSSR count). The normalized spacial score (nSPS) is 12.3. The molecule has 0 spiro atoms. The van der Waals surface area contributed by atoms with E-state index in [1.54, 1.807) is 38.2 Å². The van der Waals surface area contributed by atoms with E-state index in [9.17, 15) is 9.59 Å². The Balaban J connectivity index is 2.72. The average molecular weight is 309 g/mol. The van der Waals surface area contributed by atoms with Gasteiger partial charge in [0.2, 0.25) is 0 Å². The zero-order valence-corrected chi connectivity index (χ0v) is 13.9. The highest BCUT2D eigenvalue weighted by Crippen LogP contribution is 2.21. The van der Waals surface area contributed by atoms with Gasteiger partial charge < -0.3 is 14.2 Å². The Morgan fingerprint density at radius 3 is 2.14 bits per heavy atom. The molecule has 1 unspecified atom stereocenters. The maximum atomic E-state index is 12.0. The van der Waals surface area contributed by atoms with Crippen LogP contribution in [0.4, 0.5) is 10.5 Å². The number of anilines is 1. The topological polar surface area (TPSA) is 65.1 Å². The van der Waals surface area contributed by atoms with Crippen LogP contribution in [-0.4, -0.2) is 37.9 Å². The van der Waals surface area contributed by atoms with Gasteiger partial charge in [0.25, 0.3) is 0 Å². The number of hydrogen-bond acceptors (Lipinski definition) is 5. The van der Waals surface area contributed by atoms with E-state index >= 15 is 0 Å². The van der Waals surface area contributed by atoms with Crippen LogP contribution < -0.4 is 9.64 Å². The quantitative estimate of drug-likeness (QED) is 0.800. The largest absolute Gasteiger partial charge is 0.479 e. The fraction of sp³-hybridized carbons (Fsp3) is 0.500. The van der Waals surface area contributed by atoms with Crippen LogP contribution in [0.25, 0.3) is 0 Å². The molecule has 0 N–H and O–H groups in total. The zero-order chi connectivity index (χ0) is 16.9. The lowest BCUT2D eigenvalue weighted by molar-refractivity contribution is -0.147. The van der Waals surface area contributed by atoms with Crippen LogP contribution in [0.3, 0.4) is 0 Å². The van der Waals surface area contributed by atoms with Crippen LogP contribution in [0.1, 0.15) is 27.7 Å². The van der Waals surface area contributed by atoms with E-state index in [0.29, 0.717) is 11.4 Å². The van der Waals surface area contributed by atoms with Gasteiger partial charge in [-0.1, -0.05) is 0 Å². The Labute approximate surface area is 131 Å². The van der Waals surface area contributed by atoms with E-state index in [-0.39, 0.29) is 0 Å². The first kappa shape index (κ1) is 17.8. The molecule has 6 heteroatoms. The molecule has 0 saturated heterocycles. The van der Waals surface area contributed by atoms with Gasteiger partial charge in [0.15, 0.2) is 6.10 Å². The van der Waals surface area contributed by atoms with Crippen molar-refractivity contribution in [2.45, 2.75) is 39.4 Å². The van der Waals surface area contributed by atoms with Crippen LogP contribution >= 0.6 is 0 Å². The van der Waals surface area contributed by atoms with Crippen molar-refractivity contribution < 1.29 is 23.8 Å². The number of nitrogens with zero attached hydrogens (tertiary/aromatic N) is 1. The number of ether oxygens (including phenoxy) is 3. The number of carbonyl (C=O) groups excluding carboxylic acids is 2. The predicted octanol–water partition coefficient (Wildman–Crippen LogP) is 3.00. The van der Waals surface area contributed by atoms with Gasteiger partial charge in [-0.25, -0.2) is 9.59 Å². The summed E-state index contributed by atoms with van der Waals surface area (Å²) in [5.74, 6) is 0.0641. The highest BCUT2D eigenvalue weighted by Gasteiger charge is 2.21. The summed E-state index contributed by atoms with van der Waals surface area (Å²) in [6.45, 7) is 7.03. The van der Waals surface area contributed by atoms with Crippen LogP contribution in [0.15, 0.2) is 24.3 Å². The van der Waals surface area contributed by atoms with Crippen LogP contribution in [0.2, 0.25) is 0 Å². The minimum absolute atomic E-state index is 0.441. The Morgan fingerprint density at radius 1 is 1.14 bits per heavy atom. The van der Waals surface area contributed by atoms with E-state index in [2.05, 4.69) is 4.74 Å². The fourth-order valence-corrected chi connectivity index (χ4v) is 1.60. The SMILES string of the molecule is COC(=O)C(C)Oc1ccc(N(C)C(=O)OC(C)(C)C)cc1. The molecule has 122 valence electrons. The van der Waals surface area contributed by atoms with Crippen molar-refractivity contribution in [2.24, 2.45) is 0 Å². The van der Waals surface area contributed by atoms with Crippen molar-refractivity contribution in [3.63, 3.8) is 0 Å². The summed E-state index contributed by atoms with van der Waals surface area (Å²) >= 11 is 0. The Bertz CT molecular complexity index is 518. The maximum absolute atomic E-state index is 12.0. The number of benzene rings is 1. The zero-order valence-electron chi connectivity index (χ0n) is 13.9. The smallest absolute Gasteiger partial charge is 0.414 e. The van der Waals surface area contributed by atoms with E-state index in [1.165, 1.54) is 12.0 Å². The van der Waals surface area contributed by atoms with Gasteiger partial charge in [-0.2, -0.15) is 0 Å². The number of methoxy groups -OCH3 is 1. The predicted molar refractivity (Wildman–Crippen MR) is 83.2 cm³/mol. The van der Waals surface area contributed by atoms with Crippen molar-refractivity contribution in [3.8, 4) is 5.75 Å². The molecule has 0 fully saturated rings. The third-order valence-electron chi connectivity index (χ3n) is 2.74. The first-order valence-corrected chi connectivity index (χ1v) is 6.95. The molecule has 0 saturated carbocycles. The monoisotopic (exact) mass is 309 g/mol. The molecule has 1 amide bonds. The molecule has 0 aromatic heterocycles. The molecule has 0 heterocycles. The lowest BCUT2D eigenvalue weighted by Gasteiger charge is -2.24. The van der Waals surface area contributed by atoms with Gasteiger partial charge in [-0.05, 0) is 52.0 Å². The second-order valence-electron chi connectivity index (χ2n) is 5.82. The van der Waals surface area contributed by atoms with Crippen molar-refractivity contribution in [2.75, 3.05) is 19.1 Å². The second kappa shape index (κ2) is 7.15. The molecule has 1 atom stereocenters. The van der Waals surface area contributed by atoms with Crippen molar-refractivity contribution in [3.05, 3.63) is 24.3 Å². The summed E-state index contributed by atoms with van der Waals surface area (Å²) in [4.78, 5) is 24.7. The van der Waals surface area contributed by atoms with Crippen molar-refractivity contribution in [1.82, 2.24) is 0 Å². The third-order valence-corrected chi connectivity index (χ3v) is 2.74. The Morgan fingerprint density at radius 2 is 1.68 bits per heavy atom. The summed E-state index contributed by atoms with van der Waals surface area (Å²) in [6, 6.07) is 6.78. The molecular formula is C16H23NO5. The van der Waals surface area contributed by atoms with Crippen molar-refractivity contribution >= 4 is 17.7 Å². The molecule has 0 radical (unpaired) electrons. The maximum Gasteiger partial charge on any atom is 0.414 e. The first-order valence-electron chi connectivity index (χ1n) is 6.95. The molecular weight excluding hydrogens is 286 g/mol. The highest BCUT2D eigenvalue weighted by molar-refractivity contribution is 5.87. The lowest BCUT2D eigenvalue weighted by atomic mass is 10.2. The summed E-state index contributed by atoms with van der Waals surface area (Å²) in [7, 11) is 2.93. The van der Waals surface area contributed by atoms with Gasteiger partial charge in [0.05, 0.1) is 7.11 Å². The van der Waals surface area contributed by atoms with Gasteiger partial charge in [0, 0.05) is 12.7 Å². The van der Waals surface area contributed by atoms with E-state index < -0.39 is 23.8 Å². The molecule has 1 aromatic carbocycles. The Kier molecular flexibility index (Phi) is 5.79. The van der Waals surface area contributed by atoms with Crippen LogP contribution in [0.5, 0.6) is 5.75 Å². The van der Waals surface area contributed by atoms with E-state index in [4.69, 9.17) is 9.47 Å². The Hall–Kier alpha value is -2.24. The number of esters is 1. The number of rotatable bonds is 4. The first-order chi connectivity index (χ1) is 10.1. The lowest BCUT2D eigenvalue weighted by Crippen LogP contribution is -2.34. The van der Waals surface area contributed by atoms with Gasteiger partial charge >= 0.3 is 12.1 Å². The minimum atomic E-state index is -0.695. The highest BCUT2D eigenvalue weighted by atomic mass is 16.6. The van der Waals surface area contributed by atoms with Gasteiger partial charge in [-0.3, -0.25) is 4.90 Å². The molecule has 0 aliphatic rings. The molecule has 0 aliphatic heterocycles. The van der Waals surface area contributed by atoms with E-state index in [1.807, 2.05) is 20.8 Å². The molecule has 6 nitrogen and oxygen atoms in total. The summed E-state index contributed by atoms with van der Waals surface area (Å²) in [5, 5.41) is 0. The van der Waals surface area contributed by atoms with Crippen LogP contribution in [-0.2, 0) is 14.3 Å². The summed E-state index contributed by atoms with van der Waals surface area (Å²) < 4.78 is 15.3. The summed E-state index contributed by atoms with van der Waals surface area (Å²) in [5.41, 5.74) is 0.108. The number of carbonyl (C=O) groups is 2. The van der Waals surface area contributed by atoms with Gasteiger partial charge in [-0.15, -0.1) is 0 Å². The standard InChI is InChI=1S/C16H23NO5/c1-11(14(18)20-6)21-13-9-7-12(8-10-13)17(5)15(19)22-16(2,3)4/h7-11H,1-6H3. The third kappa shape index (κ3) is 5.27. The number of hydrogen-bond donors (Lipinski definition) is 0. The van der Waals surface area contributed by atoms with E-state index in [0.717, 1.165) is 0 Å². The van der Waals surface area contributed by atoms with Crippen molar-refractivity contribution in [1.29, 1.82) is 0 Å². The molecule has 0 aliphatic carbocycles. The minimum Gasteiger partial charge on any atom is -0.479 e. The fourth-order valence-electron chi connectivity index (χ4n) is 1.60. The van der Waals surface area contributed by atoms with Crippen LogP contribution in [0, 0.1) is 0 Å². The van der Waals surface area contributed by atoms with Gasteiger partial charge in [0.1, 0.15) is 11.4 Å². The molecule has 22 heavy (non-hydrogen) atoms.